The highest BCUT2D eigenvalue weighted by Gasteiger charge is 2.01. The van der Waals surface area contributed by atoms with Gasteiger partial charge in [0.25, 0.3) is 5.91 Å². The molecule has 0 saturated heterocycles. The first-order chi connectivity index (χ1) is 8.33. The third kappa shape index (κ3) is 6.19. The molecule has 2 amide bonds. The minimum absolute atomic E-state index is 0.00508. The average molecular weight is 236 g/mol. The third-order valence-electron chi connectivity index (χ3n) is 2.02. The van der Waals surface area contributed by atoms with E-state index in [1.54, 1.807) is 12.1 Å². The van der Waals surface area contributed by atoms with E-state index in [1.165, 1.54) is 0 Å². The first-order valence-corrected chi connectivity index (χ1v) is 5.44. The summed E-state index contributed by atoms with van der Waals surface area (Å²) in [4.78, 5) is 21.3. The molecule has 0 aliphatic carbocycles. The van der Waals surface area contributed by atoms with Crippen LogP contribution < -0.4 is 15.4 Å². The molecule has 0 aliphatic heterocycles. The molecular formula is C12H16N2O3. The van der Waals surface area contributed by atoms with Gasteiger partial charge in [0.2, 0.25) is 6.41 Å². The van der Waals surface area contributed by atoms with Gasteiger partial charge in [-0.25, -0.2) is 0 Å². The summed E-state index contributed by atoms with van der Waals surface area (Å²) in [6.07, 6.45) is 1.34. The number of nitrogens with one attached hydrogen (secondary N) is 2. The van der Waals surface area contributed by atoms with Crippen LogP contribution in [0.2, 0.25) is 0 Å². The van der Waals surface area contributed by atoms with Gasteiger partial charge in [0, 0.05) is 13.1 Å². The summed E-state index contributed by atoms with van der Waals surface area (Å²) in [5.74, 6) is 0.505. The van der Waals surface area contributed by atoms with Gasteiger partial charge in [-0.15, -0.1) is 0 Å². The first-order valence-electron chi connectivity index (χ1n) is 5.44. The molecule has 0 saturated carbocycles. The molecule has 0 atom stereocenters. The maximum Gasteiger partial charge on any atom is 0.257 e. The predicted molar refractivity (Wildman–Crippen MR) is 63.6 cm³/mol. The lowest BCUT2D eigenvalue weighted by Crippen LogP contribution is -2.31. The molecule has 0 unspecified atom stereocenters. The molecule has 1 rings (SSSR count). The van der Waals surface area contributed by atoms with Crippen molar-refractivity contribution in [3.63, 3.8) is 0 Å². The lowest BCUT2D eigenvalue weighted by atomic mass is 10.3. The van der Waals surface area contributed by atoms with Crippen LogP contribution in [0.25, 0.3) is 0 Å². The number of hydrogen-bond donors (Lipinski definition) is 2. The summed E-state index contributed by atoms with van der Waals surface area (Å²) >= 11 is 0. The Morgan fingerprint density at radius 3 is 2.71 bits per heavy atom. The van der Waals surface area contributed by atoms with Gasteiger partial charge >= 0.3 is 0 Å². The van der Waals surface area contributed by atoms with Crippen molar-refractivity contribution in [3.8, 4) is 5.75 Å². The normalized spacial score (nSPS) is 9.41. The van der Waals surface area contributed by atoms with Crippen molar-refractivity contribution in [2.45, 2.75) is 6.42 Å². The average Bonchev–Trinajstić information content (AvgIpc) is 2.37. The minimum atomic E-state index is -0.167. The predicted octanol–water partition coefficient (Wildman–Crippen LogP) is 0.318. The highest BCUT2D eigenvalue weighted by Crippen LogP contribution is 2.07. The third-order valence-corrected chi connectivity index (χ3v) is 2.02. The topological polar surface area (TPSA) is 67.4 Å². The summed E-state index contributed by atoms with van der Waals surface area (Å²) < 4.78 is 5.26. The van der Waals surface area contributed by atoms with Crippen molar-refractivity contribution in [1.29, 1.82) is 0 Å². The molecule has 0 spiro atoms. The second-order valence-corrected chi connectivity index (χ2v) is 3.38. The number of rotatable bonds is 8. The number of hydrogen-bond acceptors (Lipinski definition) is 3. The zero-order valence-corrected chi connectivity index (χ0v) is 9.52. The highest BCUT2D eigenvalue weighted by molar-refractivity contribution is 5.77. The lowest BCUT2D eigenvalue weighted by molar-refractivity contribution is -0.123. The Morgan fingerprint density at radius 2 is 2.00 bits per heavy atom. The molecule has 92 valence electrons. The Labute approximate surface area is 100 Å². The number of amides is 2. The molecule has 0 aromatic heterocycles. The van der Waals surface area contributed by atoms with Gasteiger partial charge in [-0.1, -0.05) is 18.2 Å². The van der Waals surface area contributed by atoms with Crippen LogP contribution in [0.15, 0.2) is 30.3 Å². The van der Waals surface area contributed by atoms with Crippen molar-refractivity contribution in [3.05, 3.63) is 30.3 Å². The maximum atomic E-state index is 11.3. The van der Waals surface area contributed by atoms with E-state index < -0.39 is 0 Å². The number of para-hydroxylation sites is 1. The van der Waals surface area contributed by atoms with Gasteiger partial charge in [-0.05, 0) is 18.6 Å². The van der Waals surface area contributed by atoms with Gasteiger partial charge in [-0.3, -0.25) is 9.59 Å². The van der Waals surface area contributed by atoms with Crippen molar-refractivity contribution < 1.29 is 14.3 Å². The summed E-state index contributed by atoms with van der Waals surface area (Å²) in [7, 11) is 0. The molecule has 1 aromatic carbocycles. The zero-order chi connectivity index (χ0) is 12.3. The van der Waals surface area contributed by atoms with Gasteiger partial charge in [-0.2, -0.15) is 0 Å². The van der Waals surface area contributed by atoms with Crippen LogP contribution in [0, 0.1) is 0 Å². The largest absolute Gasteiger partial charge is 0.484 e. The summed E-state index contributed by atoms with van der Waals surface area (Å²) in [6, 6.07) is 9.16. The number of carbonyl (C=O) groups is 2. The molecule has 0 heterocycles. The van der Waals surface area contributed by atoms with E-state index >= 15 is 0 Å². The number of carbonyl (C=O) groups excluding carboxylic acids is 2. The standard InChI is InChI=1S/C12H16N2O3/c15-10-13-7-4-8-14-12(16)9-17-11-5-2-1-3-6-11/h1-3,5-6,10H,4,7-9H2,(H,13,15)(H,14,16). The van der Waals surface area contributed by atoms with Crippen LogP contribution >= 0.6 is 0 Å². The summed E-state index contributed by atoms with van der Waals surface area (Å²) in [5, 5.41) is 5.21. The molecule has 0 bridgehead atoms. The second kappa shape index (κ2) is 8.15. The van der Waals surface area contributed by atoms with Crippen molar-refractivity contribution >= 4 is 12.3 Å². The van der Waals surface area contributed by atoms with Gasteiger partial charge < -0.3 is 15.4 Å². The van der Waals surface area contributed by atoms with Gasteiger partial charge in [0.1, 0.15) is 5.75 Å². The Balaban J connectivity index is 2.07. The van der Waals surface area contributed by atoms with Crippen LogP contribution in [0.5, 0.6) is 5.75 Å². The van der Waals surface area contributed by atoms with Crippen LogP contribution in [-0.4, -0.2) is 32.0 Å². The number of benzene rings is 1. The fraction of sp³-hybridized carbons (Fsp3) is 0.333. The van der Waals surface area contributed by atoms with E-state index in [4.69, 9.17) is 4.74 Å². The number of ether oxygens (including phenoxy) is 1. The maximum absolute atomic E-state index is 11.3. The molecular weight excluding hydrogens is 220 g/mol. The Morgan fingerprint density at radius 1 is 1.24 bits per heavy atom. The SMILES string of the molecule is O=CNCCCNC(=O)COc1ccccc1. The van der Waals surface area contributed by atoms with E-state index in [1.807, 2.05) is 18.2 Å². The Kier molecular flexibility index (Phi) is 6.25. The molecule has 0 fully saturated rings. The van der Waals surface area contributed by atoms with Crippen molar-refractivity contribution in [2.24, 2.45) is 0 Å². The Hall–Kier alpha value is -2.04. The quantitative estimate of drug-likeness (QED) is 0.504. The molecule has 0 radical (unpaired) electrons. The van der Waals surface area contributed by atoms with Crippen LogP contribution in [0.1, 0.15) is 6.42 Å². The van der Waals surface area contributed by atoms with Crippen LogP contribution in [0.3, 0.4) is 0 Å². The van der Waals surface area contributed by atoms with E-state index in [-0.39, 0.29) is 12.5 Å². The summed E-state index contributed by atoms with van der Waals surface area (Å²) in [5.41, 5.74) is 0. The van der Waals surface area contributed by atoms with E-state index in [0.717, 1.165) is 0 Å². The fourth-order valence-corrected chi connectivity index (χ4v) is 1.19. The van der Waals surface area contributed by atoms with Crippen molar-refractivity contribution in [1.82, 2.24) is 10.6 Å². The van der Waals surface area contributed by atoms with Gasteiger partial charge in [0.05, 0.1) is 0 Å². The molecule has 1 aromatic rings. The molecule has 5 heteroatoms. The second-order valence-electron chi connectivity index (χ2n) is 3.38. The fourth-order valence-electron chi connectivity index (χ4n) is 1.19. The molecule has 17 heavy (non-hydrogen) atoms. The smallest absolute Gasteiger partial charge is 0.257 e. The molecule has 2 N–H and O–H groups in total. The zero-order valence-electron chi connectivity index (χ0n) is 9.52. The van der Waals surface area contributed by atoms with Crippen LogP contribution in [0.4, 0.5) is 0 Å². The monoisotopic (exact) mass is 236 g/mol. The lowest BCUT2D eigenvalue weighted by Gasteiger charge is -2.07. The summed E-state index contributed by atoms with van der Waals surface area (Å²) in [6.45, 7) is 1.09. The van der Waals surface area contributed by atoms with Crippen LogP contribution in [-0.2, 0) is 9.59 Å². The van der Waals surface area contributed by atoms with E-state index in [2.05, 4.69) is 10.6 Å². The Bertz CT molecular complexity index is 341. The van der Waals surface area contributed by atoms with Gasteiger partial charge in [0.15, 0.2) is 6.61 Å². The molecule has 5 nitrogen and oxygen atoms in total. The van der Waals surface area contributed by atoms with Crippen molar-refractivity contribution in [2.75, 3.05) is 19.7 Å². The first kappa shape index (κ1) is 13.0. The highest BCUT2D eigenvalue weighted by atomic mass is 16.5. The van der Waals surface area contributed by atoms with E-state index in [9.17, 15) is 9.59 Å². The molecule has 0 aliphatic rings. The van der Waals surface area contributed by atoms with E-state index in [0.29, 0.717) is 31.7 Å². The minimum Gasteiger partial charge on any atom is -0.484 e.